The Bertz CT molecular complexity index is 1930. The molecule has 0 bridgehead atoms. The first-order valence-corrected chi connectivity index (χ1v) is 14.0. The van der Waals surface area contributed by atoms with Crippen LogP contribution < -0.4 is 4.74 Å². The van der Waals surface area contributed by atoms with E-state index in [0.717, 1.165) is 17.0 Å². The van der Waals surface area contributed by atoms with Crippen molar-refractivity contribution in [1.29, 1.82) is 0 Å². The van der Waals surface area contributed by atoms with Crippen LogP contribution in [0.5, 0.6) is 11.5 Å². The lowest BCUT2D eigenvalue weighted by atomic mass is 9.70. The van der Waals surface area contributed by atoms with Crippen LogP contribution in [-0.4, -0.2) is 4.98 Å². The monoisotopic (exact) mass is 515 g/mol. The highest BCUT2D eigenvalue weighted by Crippen LogP contribution is 2.62. The summed E-state index contributed by atoms with van der Waals surface area (Å²) in [5.41, 5.74) is 11.2. The van der Waals surface area contributed by atoms with Gasteiger partial charge in [0.1, 0.15) is 11.5 Å². The van der Waals surface area contributed by atoms with Crippen molar-refractivity contribution < 1.29 is 4.74 Å². The Morgan fingerprint density at radius 1 is 0.600 bits per heavy atom. The summed E-state index contributed by atoms with van der Waals surface area (Å²) in [5, 5.41) is 1.17. The molecule has 0 spiro atoms. The Morgan fingerprint density at radius 3 is 2.25 bits per heavy atom. The predicted molar refractivity (Wildman–Crippen MR) is 163 cm³/mol. The quantitative estimate of drug-likeness (QED) is 0.229. The van der Waals surface area contributed by atoms with Crippen LogP contribution in [0.2, 0.25) is 0 Å². The first kappa shape index (κ1) is 23.2. The van der Waals surface area contributed by atoms with E-state index in [-0.39, 0.29) is 17.3 Å². The fraction of sp³-hybridized carbons (Fsp3) is 0.132. The molecule has 6 aromatic rings. The van der Waals surface area contributed by atoms with E-state index in [1.165, 1.54) is 49.9 Å². The van der Waals surface area contributed by atoms with Crippen LogP contribution in [0.15, 0.2) is 128 Å². The summed E-state index contributed by atoms with van der Waals surface area (Å²) < 4.78 is 6.67. The van der Waals surface area contributed by atoms with E-state index in [2.05, 4.69) is 134 Å². The van der Waals surface area contributed by atoms with E-state index >= 15 is 0 Å². The molecule has 5 aromatic carbocycles. The summed E-state index contributed by atoms with van der Waals surface area (Å²) in [4.78, 5) is 4.57. The first-order chi connectivity index (χ1) is 19.6. The van der Waals surface area contributed by atoms with Crippen molar-refractivity contribution in [3.63, 3.8) is 0 Å². The molecule has 1 aliphatic heterocycles. The Balaban J connectivity index is 1.31. The Labute approximate surface area is 234 Å². The molecular formula is C38H29NO. The molecule has 0 radical (unpaired) electrons. The number of rotatable bonds is 2. The number of hydrogen-bond acceptors (Lipinski definition) is 2. The summed E-state index contributed by atoms with van der Waals surface area (Å²) >= 11 is 0. The number of pyridine rings is 1. The molecular weight excluding hydrogens is 486 g/mol. The number of para-hydroxylation sites is 2. The SMILES string of the molecule is CC1(C)c2ccccc2C2c3cc(-c4cccc(-c5ccnc6ccccc56)c4)ccc3Oc3ccccc3C21. The molecule has 40 heavy (non-hydrogen) atoms. The van der Waals surface area contributed by atoms with E-state index in [4.69, 9.17) is 4.74 Å². The van der Waals surface area contributed by atoms with Crippen molar-refractivity contribution in [1.82, 2.24) is 4.98 Å². The zero-order chi connectivity index (χ0) is 26.8. The van der Waals surface area contributed by atoms with Gasteiger partial charge in [0.2, 0.25) is 0 Å². The second-order valence-corrected chi connectivity index (χ2v) is 11.6. The molecule has 192 valence electrons. The maximum atomic E-state index is 6.67. The van der Waals surface area contributed by atoms with E-state index < -0.39 is 0 Å². The topological polar surface area (TPSA) is 22.1 Å². The van der Waals surface area contributed by atoms with Crippen LogP contribution in [0.3, 0.4) is 0 Å². The van der Waals surface area contributed by atoms with Gasteiger partial charge in [0.25, 0.3) is 0 Å². The molecule has 1 aromatic heterocycles. The van der Waals surface area contributed by atoms with E-state index in [1.54, 1.807) is 0 Å². The molecule has 0 amide bonds. The molecule has 2 aliphatic rings. The molecule has 0 fully saturated rings. The zero-order valence-electron chi connectivity index (χ0n) is 22.6. The summed E-state index contributed by atoms with van der Waals surface area (Å²) in [6, 6.07) is 43.7. The molecule has 0 saturated heterocycles. The molecule has 8 rings (SSSR count). The third kappa shape index (κ3) is 3.39. The highest BCUT2D eigenvalue weighted by atomic mass is 16.5. The van der Waals surface area contributed by atoms with Gasteiger partial charge in [-0.1, -0.05) is 98.8 Å². The molecule has 1 aliphatic carbocycles. The molecule has 2 atom stereocenters. The maximum absolute atomic E-state index is 6.67. The molecule has 2 heterocycles. The number of aromatic nitrogens is 1. The van der Waals surface area contributed by atoms with Crippen LogP contribution in [0.1, 0.15) is 47.9 Å². The van der Waals surface area contributed by atoms with Crippen LogP contribution >= 0.6 is 0 Å². The van der Waals surface area contributed by atoms with Crippen molar-refractivity contribution in [2.24, 2.45) is 0 Å². The standard InChI is InChI=1S/C38H29NO/c1-38(2)32-15-6-3-13-29(32)36-31-23-25(18-19-35(31)40-34-17-8-5-14-30(34)37(36)38)24-10-9-11-26(22-24)27-20-21-39-33-16-7-4-12-28(27)33/h3-23,36-37H,1-2H3. The van der Waals surface area contributed by atoms with Gasteiger partial charge >= 0.3 is 0 Å². The summed E-state index contributed by atoms with van der Waals surface area (Å²) in [5.74, 6) is 2.42. The van der Waals surface area contributed by atoms with Gasteiger partial charge in [-0.15, -0.1) is 0 Å². The average molecular weight is 516 g/mol. The fourth-order valence-electron chi connectivity index (χ4n) is 7.26. The van der Waals surface area contributed by atoms with Gasteiger partial charge in [-0.25, -0.2) is 0 Å². The number of benzene rings is 5. The van der Waals surface area contributed by atoms with Crippen molar-refractivity contribution in [3.05, 3.63) is 150 Å². The fourth-order valence-corrected chi connectivity index (χ4v) is 7.26. The molecule has 2 nitrogen and oxygen atoms in total. The van der Waals surface area contributed by atoms with Gasteiger partial charge < -0.3 is 4.74 Å². The summed E-state index contributed by atoms with van der Waals surface area (Å²) in [6.45, 7) is 4.79. The minimum Gasteiger partial charge on any atom is -0.457 e. The van der Waals surface area contributed by atoms with Crippen molar-refractivity contribution in [2.45, 2.75) is 31.1 Å². The number of ether oxygens (including phenoxy) is 1. The average Bonchev–Trinajstić information content (AvgIpc) is 3.13. The third-order valence-electron chi connectivity index (χ3n) is 9.08. The van der Waals surface area contributed by atoms with Gasteiger partial charge in [0.05, 0.1) is 5.52 Å². The lowest BCUT2D eigenvalue weighted by molar-refractivity contribution is 0.419. The third-order valence-corrected chi connectivity index (χ3v) is 9.08. The number of fused-ring (bicyclic) bond motifs is 8. The van der Waals surface area contributed by atoms with Crippen LogP contribution in [-0.2, 0) is 5.41 Å². The van der Waals surface area contributed by atoms with Gasteiger partial charge in [0.15, 0.2) is 0 Å². The van der Waals surface area contributed by atoms with Crippen LogP contribution in [0, 0.1) is 0 Å². The van der Waals surface area contributed by atoms with Crippen LogP contribution in [0.4, 0.5) is 0 Å². The number of hydrogen-bond donors (Lipinski definition) is 0. The Morgan fingerprint density at radius 2 is 1.32 bits per heavy atom. The van der Waals surface area contributed by atoms with E-state index in [1.807, 2.05) is 12.3 Å². The second-order valence-electron chi connectivity index (χ2n) is 11.6. The van der Waals surface area contributed by atoms with Gasteiger partial charge in [-0.2, -0.15) is 0 Å². The normalized spacial score (nSPS) is 18.1. The zero-order valence-corrected chi connectivity index (χ0v) is 22.6. The van der Waals surface area contributed by atoms with Gasteiger partial charge in [-0.05, 0) is 80.8 Å². The van der Waals surface area contributed by atoms with Crippen molar-refractivity contribution in [3.8, 4) is 33.8 Å². The minimum atomic E-state index is -0.0271. The Hall–Kier alpha value is -4.69. The molecule has 2 unspecified atom stereocenters. The van der Waals surface area contributed by atoms with E-state index in [0.29, 0.717) is 0 Å². The second kappa shape index (κ2) is 8.66. The molecule has 0 N–H and O–H groups in total. The Kier molecular flexibility index (Phi) is 5.03. The minimum absolute atomic E-state index is 0.0271. The van der Waals surface area contributed by atoms with E-state index in [9.17, 15) is 0 Å². The predicted octanol–water partition coefficient (Wildman–Crippen LogP) is 9.88. The largest absolute Gasteiger partial charge is 0.457 e. The lowest BCUT2D eigenvalue weighted by Gasteiger charge is -2.31. The summed E-state index contributed by atoms with van der Waals surface area (Å²) in [7, 11) is 0. The van der Waals surface area contributed by atoms with Crippen molar-refractivity contribution in [2.75, 3.05) is 0 Å². The first-order valence-electron chi connectivity index (χ1n) is 14.0. The smallest absolute Gasteiger partial charge is 0.131 e. The molecule has 2 heteroatoms. The summed E-state index contributed by atoms with van der Waals surface area (Å²) in [6.07, 6.45) is 1.90. The lowest BCUT2D eigenvalue weighted by Crippen LogP contribution is -2.24. The maximum Gasteiger partial charge on any atom is 0.131 e. The van der Waals surface area contributed by atoms with Gasteiger partial charge in [-0.3, -0.25) is 4.98 Å². The molecule has 0 saturated carbocycles. The van der Waals surface area contributed by atoms with Gasteiger partial charge in [0, 0.05) is 29.0 Å². The van der Waals surface area contributed by atoms with Crippen molar-refractivity contribution >= 4 is 10.9 Å². The highest BCUT2D eigenvalue weighted by molar-refractivity contribution is 5.95. The number of nitrogens with zero attached hydrogens (tertiary/aromatic N) is 1. The van der Waals surface area contributed by atoms with Crippen LogP contribution in [0.25, 0.3) is 33.2 Å². The highest BCUT2D eigenvalue weighted by Gasteiger charge is 2.50.